The molecule has 3 aromatic rings. The average Bonchev–Trinajstić information content (AvgIpc) is 3.31. The number of piperazine rings is 1. The van der Waals surface area contributed by atoms with Crippen LogP contribution in [0.4, 0.5) is 0 Å². The minimum atomic E-state index is -0.416. The number of nitrogens with zero attached hydrogens (tertiary/aromatic N) is 4. The summed E-state index contributed by atoms with van der Waals surface area (Å²) in [6.45, 7) is 3.59. The first-order valence-corrected chi connectivity index (χ1v) is 9.76. The van der Waals surface area contributed by atoms with Crippen LogP contribution in [0.5, 0.6) is 0 Å². The third kappa shape index (κ3) is 5.15. The Morgan fingerprint density at radius 2 is 2.07 bits per heavy atom. The van der Waals surface area contributed by atoms with Gasteiger partial charge in [0, 0.05) is 62.1 Å². The summed E-state index contributed by atoms with van der Waals surface area (Å²) in [6.07, 6.45) is 3.83. The first-order valence-electron chi connectivity index (χ1n) is 8.88. The van der Waals surface area contributed by atoms with E-state index in [0.29, 0.717) is 5.56 Å². The second kappa shape index (κ2) is 10.2. The van der Waals surface area contributed by atoms with Gasteiger partial charge in [-0.15, -0.1) is 36.2 Å². The van der Waals surface area contributed by atoms with Crippen LogP contribution < -0.4 is 11.1 Å². The van der Waals surface area contributed by atoms with Crippen LogP contribution in [0.2, 0.25) is 0 Å². The van der Waals surface area contributed by atoms with Gasteiger partial charge in [0.05, 0.1) is 11.7 Å². The molecule has 0 bridgehead atoms. The molecule has 1 saturated heterocycles. The van der Waals surface area contributed by atoms with Crippen LogP contribution in [0.15, 0.2) is 42.0 Å². The van der Waals surface area contributed by atoms with Crippen molar-refractivity contribution in [1.82, 2.24) is 24.8 Å². The smallest absolute Gasteiger partial charge is 0.248 e. The molecule has 29 heavy (non-hydrogen) atoms. The van der Waals surface area contributed by atoms with Gasteiger partial charge in [-0.25, -0.2) is 9.97 Å². The van der Waals surface area contributed by atoms with Crippen LogP contribution in [0.3, 0.4) is 0 Å². The number of carbonyl (C=O) groups is 1. The maximum Gasteiger partial charge on any atom is 0.248 e. The molecule has 3 N–H and O–H groups in total. The van der Waals surface area contributed by atoms with Gasteiger partial charge < -0.3 is 15.6 Å². The lowest BCUT2D eigenvalue weighted by Gasteiger charge is -2.35. The van der Waals surface area contributed by atoms with E-state index >= 15 is 0 Å². The molecule has 10 heteroatoms. The predicted octanol–water partition coefficient (Wildman–Crippen LogP) is 2.63. The number of primary amides is 1. The predicted molar refractivity (Wildman–Crippen MR) is 120 cm³/mol. The Kier molecular flexibility index (Phi) is 8.18. The van der Waals surface area contributed by atoms with E-state index in [-0.39, 0.29) is 30.9 Å². The van der Waals surface area contributed by atoms with E-state index < -0.39 is 5.91 Å². The molecular formula is C19H24Cl2N6OS. The second-order valence-electron chi connectivity index (χ2n) is 6.67. The van der Waals surface area contributed by atoms with Gasteiger partial charge in [-0.05, 0) is 12.1 Å². The monoisotopic (exact) mass is 454 g/mol. The molecule has 0 radical (unpaired) electrons. The Morgan fingerprint density at radius 3 is 2.72 bits per heavy atom. The van der Waals surface area contributed by atoms with E-state index in [2.05, 4.69) is 25.1 Å². The first-order chi connectivity index (χ1) is 13.1. The van der Waals surface area contributed by atoms with Gasteiger partial charge in [0.15, 0.2) is 0 Å². The minimum absolute atomic E-state index is 0. The van der Waals surface area contributed by atoms with Crippen molar-refractivity contribution < 1.29 is 4.79 Å². The number of hydrogen-bond donors (Lipinski definition) is 2. The molecule has 7 nitrogen and oxygen atoms in total. The molecule has 4 rings (SSSR count). The Hall–Kier alpha value is -1.97. The first kappa shape index (κ1) is 23.3. The normalized spacial score (nSPS) is 16.7. The second-order valence-corrected chi connectivity index (χ2v) is 7.53. The van der Waals surface area contributed by atoms with Gasteiger partial charge in [-0.1, -0.05) is 12.1 Å². The zero-order valence-corrected chi connectivity index (χ0v) is 18.4. The highest BCUT2D eigenvalue weighted by Gasteiger charge is 2.27. The van der Waals surface area contributed by atoms with Crippen molar-refractivity contribution in [3.05, 3.63) is 59.1 Å². The quantitative estimate of drug-likeness (QED) is 0.618. The number of nitrogens with one attached hydrogen (secondary N) is 1. The number of benzene rings is 1. The van der Waals surface area contributed by atoms with Crippen molar-refractivity contribution in [1.29, 1.82) is 0 Å². The fourth-order valence-electron chi connectivity index (χ4n) is 3.39. The fourth-order valence-corrected chi connectivity index (χ4v) is 4.20. The van der Waals surface area contributed by atoms with E-state index in [9.17, 15) is 4.79 Å². The van der Waals surface area contributed by atoms with E-state index in [4.69, 9.17) is 10.7 Å². The highest BCUT2D eigenvalue weighted by Crippen LogP contribution is 2.27. The molecule has 0 aliphatic carbocycles. The molecule has 2 aromatic heterocycles. The number of imidazole rings is 1. The minimum Gasteiger partial charge on any atom is -0.366 e. The number of carbonyl (C=O) groups excluding carboxylic acids is 1. The van der Waals surface area contributed by atoms with E-state index in [1.165, 1.54) is 0 Å². The van der Waals surface area contributed by atoms with Gasteiger partial charge in [0.1, 0.15) is 10.8 Å². The fraction of sp³-hybridized carbons (Fsp3) is 0.316. The zero-order chi connectivity index (χ0) is 18.8. The number of aryl methyl sites for hydroxylation is 1. The van der Waals surface area contributed by atoms with Crippen molar-refractivity contribution in [2.24, 2.45) is 12.8 Å². The van der Waals surface area contributed by atoms with E-state index in [1.807, 2.05) is 31.6 Å². The molecular weight excluding hydrogens is 431 g/mol. The summed E-state index contributed by atoms with van der Waals surface area (Å²) in [7, 11) is 2.03. The lowest BCUT2D eigenvalue weighted by Crippen LogP contribution is -2.46. The third-order valence-electron chi connectivity index (χ3n) is 4.84. The van der Waals surface area contributed by atoms with Crippen molar-refractivity contribution in [3.8, 4) is 10.6 Å². The van der Waals surface area contributed by atoms with Crippen LogP contribution in [0.1, 0.15) is 27.9 Å². The van der Waals surface area contributed by atoms with E-state index in [1.54, 1.807) is 23.5 Å². The highest BCUT2D eigenvalue weighted by atomic mass is 35.5. The largest absolute Gasteiger partial charge is 0.366 e. The molecule has 0 saturated carbocycles. The van der Waals surface area contributed by atoms with Gasteiger partial charge in [0.25, 0.3) is 0 Å². The number of thiazole rings is 1. The van der Waals surface area contributed by atoms with Crippen molar-refractivity contribution in [2.75, 3.05) is 19.6 Å². The summed E-state index contributed by atoms with van der Waals surface area (Å²) in [4.78, 5) is 23.0. The Morgan fingerprint density at radius 1 is 1.31 bits per heavy atom. The summed E-state index contributed by atoms with van der Waals surface area (Å²) in [5.74, 6) is 0.653. The Labute approximate surface area is 186 Å². The van der Waals surface area contributed by atoms with E-state index in [0.717, 1.165) is 48.3 Å². The van der Waals surface area contributed by atoms with Gasteiger partial charge in [-0.3, -0.25) is 9.69 Å². The van der Waals surface area contributed by atoms with Gasteiger partial charge in [-0.2, -0.15) is 0 Å². The summed E-state index contributed by atoms with van der Waals surface area (Å²) < 4.78 is 2.08. The maximum absolute atomic E-state index is 11.2. The molecule has 1 atom stereocenters. The van der Waals surface area contributed by atoms with Crippen LogP contribution >= 0.6 is 36.2 Å². The van der Waals surface area contributed by atoms with Crippen LogP contribution in [-0.4, -0.2) is 45.0 Å². The highest BCUT2D eigenvalue weighted by molar-refractivity contribution is 7.13. The third-order valence-corrected chi connectivity index (χ3v) is 5.78. The zero-order valence-electron chi connectivity index (χ0n) is 15.9. The summed E-state index contributed by atoms with van der Waals surface area (Å²) in [5.41, 5.74) is 7.86. The molecule has 1 fully saturated rings. The Bertz CT molecular complexity index is 942. The lowest BCUT2D eigenvalue weighted by molar-refractivity contribution is 0.100. The van der Waals surface area contributed by atoms with Crippen molar-refractivity contribution in [3.63, 3.8) is 0 Å². The lowest BCUT2D eigenvalue weighted by atomic mass is 10.1. The number of rotatable bonds is 5. The van der Waals surface area contributed by atoms with Crippen molar-refractivity contribution in [2.45, 2.75) is 12.6 Å². The molecule has 0 spiro atoms. The molecule has 1 amide bonds. The van der Waals surface area contributed by atoms with Gasteiger partial charge in [0.2, 0.25) is 5.91 Å². The van der Waals surface area contributed by atoms with Crippen LogP contribution in [0, 0.1) is 0 Å². The topological polar surface area (TPSA) is 89.1 Å². The maximum atomic E-state index is 11.2. The average molecular weight is 455 g/mol. The SMILES string of the molecule is Cl.Cl.Cn1ccnc1C1CNCCN1Cc1csc(-c2ccc(C(N)=O)cc2)n1. The number of hydrogen-bond acceptors (Lipinski definition) is 6. The summed E-state index contributed by atoms with van der Waals surface area (Å²) in [5, 5.41) is 6.52. The number of nitrogens with two attached hydrogens (primary N) is 1. The molecule has 3 heterocycles. The molecule has 1 unspecified atom stereocenters. The molecule has 1 aliphatic heterocycles. The number of amides is 1. The molecule has 1 aromatic carbocycles. The number of halogens is 2. The summed E-state index contributed by atoms with van der Waals surface area (Å²) >= 11 is 1.62. The number of aromatic nitrogens is 3. The molecule has 156 valence electrons. The van der Waals surface area contributed by atoms with Crippen LogP contribution in [-0.2, 0) is 13.6 Å². The summed E-state index contributed by atoms with van der Waals surface area (Å²) in [6, 6.07) is 7.51. The Balaban J connectivity index is 0.00000150. The van der Waals surface area contributed by atoms with Crippen LogP contribution in [0.25, 0.3) is 10.6 Å². The van der Waals surface area contributed by atoms with Gasteiger partial charge >= 0.3 is 0 Å². The standard InChI is InChI=1S/C19H22N6OS.2ClH/c1-24-8-7-22-18(24)16-10-21-6-9-25(16)11-15-12-27-19(23-15)14-4-2-13(3-5-14)17(20)26;;/h2-5,7-8,12,16,21H,6,9-11H2,1H3,(H2,20,26);2*1H. The van der Waals surface area contributed by atoms with Crippen molar-refractivity contribution >= 4 is 42.1 Å². The molecule has 1 aliphatic rings.